The Bertz CT molecular complexity index is 3250. The first-order valence-corrected chi connectivity index (χ1v) is 24.9. The number of hydrogen-bond donors (Lipinski definition) is 7. The summed E-state index contributed by atoms with van der Waals surface area (Å²) in [5, 5.41) is 60.5. The molecule has 8 aromatic rings. The molecule has 9 rings (SSSR count). The highest BCUT2D eigenvalue weighted by atomic mass is 16.3. The van der Waals surface area contributed by atoms with Crippen LogP contribution in [0, 0.1) is 55.4 Å². The van der Waals surface area contributed by atoms with E-state index in [0.717, 1.165) is 44.9 Å². The van der Waals surface area contributed by atoms with Crippen molar-refractivity contribution in [3.63, 3.8) is 0 Å². The number of phenolic OH excluding ortho intramolecular Hbond substituents is 4. The van der Waals surface area contributed by atoms with Gasteiger partial charge in [0.05, 0.1) is 5.69 Å². The number of aliphatic imine (C=N–C) groups is 1. The van der Waals surface area contributed by atoms with Crippen LogP contribution in [-0.2, 0) is 45.3 Å². The van der Waals surface area contributed by atoms with Crippen molar-refractivity contribution >= 4 is 29.0 Å². The third kappa shape index (κ3) is 11.1. The number of rotatable bonds is 11. The lowest BCUT2D eigenvalue weighted by atomic mass is 9.90. The summed E-state index contributed by atoms with van der Waals surface area (Å²) < 4.78 is 0. The summed E-state index contributed by atoms with van der Waals surface area (Å²) in [5.41, 5.74) is 21.7. The third-order valence-electron chi connectivity index (χ3n) is 14.3. The number of aromatic hydroxyl groups is 4. The summed E-state index contributed by atoms with van der Waals surface area (Å²) in [5.74, 6) is 0.333. The van der Waals surface area contributed by atoms with Gasteiger partial charge in [-0.05, 0) is 148 Å². The fourth-order valence-electron chi connectivity index (χ4n) is 10.1. The molecule has 8 nitrogen and oxygen atoms in total. The Morgan fingerprint density at radius 1 is 0.361 bits per heavy atom. The summed E-state index contributed by atoms with van der Waals surface area (Å²) in [4.78, 5) is 4.99. The second kappa shape index (κ2) is 20.8. The molecule has 0 aliphatic heterocycles. The number of anilines is 3. The molecule has 366 valence electrons. The van der Waals surface area contributed by atoms with E-state index in [1.165, 1.54) is 38.9 Å². The van der Waals surface area contributed by atoms with Crippen molar-refractivity contribution in [2.75, 3.05) is 16.0 Å². The van der Waals surface area contributed by atoms with E-state index in [-0.39, 0.29) is 48.7 Å². The molecular weight excluding hydrogens is 889 g/mol. The number of phenols is 4. The summed E-state index contributed by atoms with van der Waals surface area (Å²) in [6.07, 6.45) is 2.59. The second-order valence-corrected chi connectivity index (χ2v) is 20.2. The fourth-order valence-corrected chi connectivity index (χ4v) is 10.1. The van der Waals surface area contributed by atoms with E-state index in [4.69, 9.17) is 4.99 Å². The predicted octanol–water partition coefficient (Wildman–Crippen LogP) is 14.2. The normalized spacial score (nSPS) is 12.3. The van der Waals surface area contributed by atoms with E-state index in [2.05, 4.69) is 144 Å². The molecule has 0 atom stereocenters. The largest absolute Gasteiger partial charge is 0.507 e. The number of fused-ring (bicyclic) bond motifs is 8. The van der Waals surface area contributed by atoms with Crippen LogP contribution in [0.5, 0.6) is 23.0 Å². The maximum absolute atomic E-state index is 12.4. The Hall–Kier alpha value is -7.97. The van der Waals surface area contributed by atoms with E-state index in [0.29, 0.717) is 69.8 Å². The predicted molar refractivity (Wildman–Crippen MR) is 297 cm³/mol. The van der Waals surface area contributed by atoms with Crippen LogP contribution in [0.25, 0.3) is 0 Å². The topological polar surface area (TPSA) is 129 Å². The van der Waals surface area contributed by atoms with Gasteiger partial charge >= 0.3 is 0 Å². The van der Waals surface area contributed by atoms with Crippen molar-refractivity contribution < 1.29 is 20.4 Å². The van der Waals surface area contributed by atoms with Crippen LogP contribution in [0.4, 0.5) is 22.7 Å². The van der Waals surface area contributed by atoms with Gasteiger partial charge in [-0.25, -0.2) is 0 Å². The van der Waals surface area contributed by atoms with Gasteiger partial charge in [0.1, 0.15) is 23.0 Å². The van der Waals surface area contributed by atoms with E-state index < -0.39 is 0 Å². The SMILES string of the molecule is Cc1ccc(/C=N/c2cc3c(O)c(c2)Cc2cc(NCc4ccc(C)cc4C)cc(c2O)Cc2cc(NCc4ccc(C)cc4C)cc(c2O)Cc2cc(NCc4ccc(C)cc4C)cc(c2O)C3)c(C)c1. The van der Waals surface area contributed by atoms with Gasteiger partial charge in [-0.3, -0.25) is 4.99 Å². The molecule has 72 heavy (non-hydrogen) atoms. The maximum Gasteiger partial charge on any atom is 0.122 e. The smallest absolute Gasteiger partial charge is 0.122 e. The van der Waals surface area contributed by atoms with Crippen molar-refractivity contribution in [2.45, 2.75) is 101 Å². The first kappa shape index (κ1) is 49.0. The molecule has 0 spiro atoms. The Morgan fingerprint density at radius 2 is 0.639 bits per heavy atom. The summed E-state index contributed by atoms with van der Waals surface area (Å²) in [6, 6.07) is 41.1. The molecule has 0 saturated carbocycles. The first-order chi connectivity index (χ1) is 34.5. The standard InChI is InChI=1S/C64H66N4O4/c1-37-9-13-45(41(5)17-37)33-65-57-25-49-21-51-27-58(66-34-46-14-10-38(2)18-42(46)6)29-53(62(51)70)23-55-31-60(68-36-48-16-12-40(4)20-44(48)8)32-56(64(55)72)24-54-30-59(67-35-47-15-11-39(3)19-43(47)7)28-52(63(54)71)22-50(26-57)61(49)69/h9-20,25-33,66-72H,21-24,34-36H2,1-8H3/b65-33+. The minimum atomic E-state index is 0.0686. The second-order valence-electron chi connectivity index (χ2n) is 20.2. The minimum Gasteiger partial charge on any atom is -0.507 e. The monoisotopic (exact) mass is 955 g/mol. The molecule has 0 unspecified atom stereocenters. The van der Waals surface area contributed by atoms with Crippen molar-refractivity contribution in [1.82, 2.24) is 0 Å². The Labute approximate surface area is 424 Å². The van der Waals surface area contributed by atoms with Gasteiger partial charge in [0.2, 0.25) is 0 Å². The van der Waals surface area contributed by atoms with E-state index in [9.17, 15) is 20.4 Å². The van der Waals surface area contributed by atoms with Crippen LogP contribution in [0.3, 0.4) is 0 Å². The molecule has 0 amide bonds. The van der Waals surface area contributed by atoms with E-state index in [1.807, 2.05) is 54.7 Å². The molecule has 7 N–H and O–H groups in total. The van der Waals surface area contributed by atoms with Crippen LogP contribution in [0.2, 0.25) is 0 Å². The first-order valence-electron chi connectivity index (χ1n) is 24.9. The average molecular weight is 955 g/mol. The lowest BCUT2D eigenvalue weighted by molar-refractivity contribution is 0.450. The lowest BCUT2D eigenvalue weighted by Gasteiger charge is -2.21. The molecule has 0 aromatic heterocycles. The molecule has 0 radical (unpaired) electrons. The zero-order chi connectivity index (χ0) is 50.8. The van der Waals surface area contributed by atoms with Crippen LogP contribution in [0.1, 0.15) is 111 Å². The Kier molecular flexibility index (Phi) is 14.2. The van der Waals surface area contributed by atoms with Gasteiger partial charge < -0.3 is 36.4 Å². The number of nitrogens with zero attached hydrogens (tertiary/aromatic N) is 1. The van der Waals surface area contributed by atoms with Gasteiger partial charge in [-0.15, -0.1) is 0 Å². The van der Waals surface area contributed by atoms with Gasteiger partial charge in [0.25, 0.3) is 0 Å². The number of hydrogen-bond acceptors (Lipinski definition) is 8. The van der Waals surface area contributed by atoms with Gasteiger partial charge in [0, 0.05) is 113 Å². The molecular formula is C64H66N4O4. The molecule has 0 saturated heterocycles. The van der Waals surface area contributed by atoms with E-state index >= 15 is 0 Å². The maximum atomic E-state index is 12.4. The number of nitrogens with one attached hydrogen (secondary N) is 3. The number of aryl methyl sites for hydroxylation is 8. The van der Waals surface area contributed by atoms with E-state index in [1.54, 1.807) is 0 Å². The molecule has 1 aliphatic rings. The highest BCUT2D eigenvalue weighted by Gasteiger charge is 2.22. The molecule has 0 fully saturated rings. The Balaban J connectivity index is 1.21. The zero-order valence-corrected chi connectivity index (χ0v) is 42.8. The zero-order valence-electron chi connectivity index (χ0n) is 42.8. The van der Waals surface area contributed by atoms with Crippen LogP contribution in [-0.4, -0.2) is 26.6 Å². The van der Waals surface area contributed by atoms with Gasteiger partial charge in [-0.1, -0.05) is 95.1 Å². The Morgan fingerprint density at radius 3 is 0.931 bits per heavy atom. The quantitative estimate of drug-likeness (QED) is 0.0508. The molecule has 8 heteroatoms. The highest BCUT2D eigenvalue weighted by molar-refractivity contribution is 5.84. The van der Waals surface area contributed by atoms with Gasteiger partial charge in [0.15, 0.2) is 0 Å². The highest BCUT2D eigenvalue weighted by Crippen LogP contribution is 2.42. The molecule has 0 heterocycles. The van der Waals surface area contributed by atoms with Crippen molar-refractivity contribution in [3.05, 3.63) is 233 Å². The van der Waals surface area contributed by atoms with Crippen LogP contribution in [0.15, 0.2) is 126 Å². The molecule has 8 bridgehead atoms. The average Bonchev–Trinajstić information content (AvgIpc) is 3.33. The lowest BCUT2D eigenvalue weighted by Crippen LogP contribution is -2.07. The molecule has 1 aliphatic carbocycles. The fraction of sp³-hybridized carbons (Fsp3) is 0.234. The summed E-state index contributed by atoms with van der Waals surface area (Å²) in [6.45, 7) is 18.4. The van der Waals surface area contributed by atoms with Crippen LogP contribution < -0.4 is 16.0 Å². The summed E-state index contributed by atoms with van der Waals surface area (Å²) >= 11 is 0. The van der Waals surface area contributed by atoms with Gasteiger partial charge in [-0.2, -0.15) is 0 Å². The van der Waals surface area contributed by atoms with Crippen LogP contribution >= 0.6 is 0 Å². The van der Waals surface area contributed by atoms with Crippen molar-refractivity contribution in [2.24, 2.45) is 4.99 Å². The molecule has 8 aromatic carbocycles. The number of benzene rings is 8. The minimum absolute atomic E-state index is 0.0686. The van der Waals surface area contributed by atoms with Crippen molar-refractivity contribution in [3.8, 4) is 23.0 Å². The summed E-state index contributed by atoms with van der Waals surface area (Å²) in [7, 11) is 0. The third-order valence-corrected chi connectivity index (χ3v) is 14.3. The van der Waals surface area contributed by atoms with Crippen molar-refractivity contribution in [1.29, 1.82) is 0 Å².